The molecular formula is C17H22FNO6. The van der Waals surface area contributed by atoms with Crippen molar-refractivity contribution >= 4 is 17.2 Å². The minimum atomic E-state index is -1.64. The van der Waals surface area contributed by atoms with Gasteiger partial charge in [-0.25, -0.2) is 9.38 Å². The highest BCUT2D eigenvalue weighted by Crippen LogP contribution is 2.27. The number of rotatable bonds is 7. The zero-order valence-electron chi connectivity index (χ0n) is 13.7. The molecule has 1 unspecified atom stereocenters. The summed E-state index contributed by atoms with van der Waals surface area (Å²) >= 11 is 0. The van der Waals surface area contributed by atoms with Crippen molar-refractivity contribution in [3.8, 4) is 0 Å². The number of hydrogen-bond donors (Lipinski definition) is 5. The predicted octanol–water partition coefficient (Wildman–Crippen LogP) is -0.515. The summed E-state index contributed by atoms with van der Waals surface area (Å²) < 4.78 is 13.2. The first-order valence-electron chi connectivity index (χ1n) is 7.97. The highest BCUT2D eigenvalue weighted by molar-refractivity contribution is 6.41. The summed E-state index contributed by atoms with van der Waals surface area (Å²) in [4.78, 5) is 16.3. The topological polar surface area (TPSA) is 131 Å². The Labute approximate surface area is 144 Å². The van der Waals surface area contributed by atoms with Gasteiger partial charge in [-0.2, -0.15) is 0 Å². The Morgan fingerprint density at radius 3 is 2.48 bits per heavy atom. The van der Waals surface area contributed by atoms with Gasteiger partial charge in [0.1, 0.15) is 18.0 Å². The summed E-state index contributed by atoms with van der Waals surface area (Å²) in [6.45, 7) is 0.708. The molecule has 0 aliphatic carbocycles. The number of Topliss-reactive ketones (excluding diaryl/α,β-unsaturated/α-hetero) is 1. The maximum Gasteiger partial charge on any atom is 0.181 e. The van der Waals surface area contributed by atoms with Gasteiger partial charge in [-0.15, -0.1) is 0 Å². The van der Waals surface area contributed by atoms with Crippen LogP contribution in [0.15, 0.2) is 23.2 Å². The molecule has 0 spiro atoms. The van der Waals surface area contributed by atoms with Gasteiger partial charge in [-0.05, 0) is 23.8 Å². The molecule has 0 radical (unpaired) electrons. The third kappa shape index (κ3) is 4.47. The lowest BCUT2D eigenvalue weighted by molar-refractivity contribution is -0.114. The number of carbonyl (C=O) groups excluding carboxylic acids is 1. The number of nitrogens with zero attached hydrogens (tertiary/aromatic N) is 1. The van der Waals surface area contributed by atoms with Crippen molar-refractivity contribution in [1.82, 2.24) is 0 Å². The number of aliphatic hydroxyl groups excluding tert-OH is 5. The number of halogens is 1. The fourth-order valence-corrected chi connectivity index (χ4v) is 2.71. The molecule has 1 aromatic rings. The van der Waals surface area contributed by atoms with Crippen molar-refractivity contribution in [2.24, 2.45) is 10.9 Å². The van der Waals surface area contributed by atoms with E-state index >= 15 is 0 Å². The SMILES string of the molecule is C[C@@H](C(O)[C@H](O)[C@H](O)CO)[C@H](O)CC1=Nc2ccc(F)cc2CC1=O. The van der Waals surface area contributed by atoms with Crippen LogP contribution in [0.1, 0.15) is 18.9 Å². The average molecular weight is 355 g/mol. The van der Waals surface area contributed by atoms with E-state index in [1.165, 1.54) is 25.1 Å². The van der Waals surface area contributed by atoms with E-state index in [4.69, 9.17) is 5.11 Å². The summed E-state index contributed by atoms with van der Waals surface area (Å²) in [5.41, 5.74) is 1.02. The zero-order valence-corrected chi connectivity index (χ0v) is 13.7. The van der Waals surface area contributed by atoms with Crippen LogP contribution in [0.3, 0.4) is 0 Å². The van der Waals surface area contributed by atoms with Gasteiger partial charge in [0.15, 0.2) is 5.78 Å². The van der Waals surface area contributed by atoms with E-state index in [-0.39, 0.29) is 24.3 Å². The second-order valence-electron chi connectivity index (χ2n) is 6.29. The Balaban J connectivity index is 2.10. The lowest BCUT2D eigenvalue weighted by Gasteiger charge is -2.30. The van der Waals surface area contributed by atoms with Gasteiger partial charge in [-0.3, -0.25) is 4.79 Å². The van der Waals surface area contributed by atoms with E-state index in [1.54, 1.807) is 0 Å². The van der Waals surface area contributed by atoms with E-state index in [9.17, 15) is 29.6 Å². The largest absolute Gasteiger partial charge is 0.394 e. The first kappa shape index (κ1) is 19.6. The van der Waals surface area contributed by atoms with Crippen LogP contribution in [-0.4, -0.2) is 68.1 Å². The fraction of sp³-hybridized carbons (Fsp3) is 0.529. The van der Waals surface area contributed by atoms with Crippen LogP contribution >= 0.6 is 0 Å². The molecule has 0 amide bonds. The van der Waals surface area contributed by atoms with Gasteiger partial charge in [0, 0.05) is 18.8 Å². The number of fused-ring (bicyclic) bond motifs is 1. The van der Waals surface area contributed by atoms with E-state index in [0.29, 0.717) is 11.3 Å². The number of benzene rings is 1. The molecule has 138 valence electrons. The van der Waals surface area contributed by atoms with Crippen LogP contribution in [0.5, 0.6) is 0 Å². The quantitative estimate of drug-likeness (QED) is 0.448. The number of carbonyl (C=O) groups is 1. The Bertz CT molecular complexity index is 665. The van der Waals surface area contributed by atoms with E-state index in [0.717, 1.165) is 0 Å². The summed E-state index contributed by atoms with van der Waals surface area (Å²) in [7, 11) is 0. The van der Waals surface area contributed by atoms with Gasteiger partial charge in [0.2, 0.25) is 0 Å². The second-order valence-corrected chi connectivity index (χ2v) is 6.29. The molecule has 0 saturated carbocycles. The first-order chi connectivity index (χ1) is 11.7. The van der Waals surface area contributed by atoms with Crippen molar-refractivity contribution in [3.05, 3.63) is 29.6 Å². The van der Waals surface area contributed by atoms with Crippen LogP contribution in [0.25, 0.3) is 0 Å². The molecule has 2 rings (SSSR count). The Kier molecular flexibility index (Phi) is 6.36. The van der Waals surface area contributed by atoms with Gasteiger partial charge in [-0.1, -0.05) is 6.92 Å². The standard InChI is InChI=1S/C17H22FNO6/c1-8(16(24)17(25)15(23)7-20)13(21)6-12-14(22)5-9-4-10(18)2-3-11(9)19-12/h2-4,8,13,15-17,20-21,23-25H,5-7H2,1H3/t8-,13-,15-,16?,17-/m1/s1. The van der Waals surface area contributed by atoms with Crippen LogP contribution in [0.4, 0.5) is 10.1 Å². The fourth-order valence-electron chi connectivity index (χ4n) is 2.71. The minimum absolute atomic E-state index is 0.0264. The molecule has 5 atom stereocenters. The third-order valence-electron chi connectivity index (χ3n) is 4.45. The lowest BCUT2D eigenvalue weighted by Crippen LogP contribution is -2.46. The van der Waals surface area contributed by atoms with Crippen molar-refractivity contribution < 1.29 is 34.7 Å². The average Bonchev–Trinajstić information content (AvgIpc) is 2.59. The molecule has 7 nitrogen and oxygen atoms in total. The van der Waals surface area contributed by atoms with Crippen LogP contribution in [0, 0.1) is 11.7 Å². The molecule has 1 aliphatic rings. The van der Waals surface area contributed by atoms with Crippen LogP contribution in [0.2, 0.25) is 0 Å². The Hall–Kier alpha value is -1.71. The molecule has 0 saturated heterocycles. The van der Waals surface area contributed by atoms with Crippen molar-refractivity contribution in [1.29, 1.82) is 0 Å². The maximum atomic E-state index is 13.2. The minimum Gasteiger partial charge on any atom is -0.394 e. The second kappa shape index (κ2) is 8.11. The first-order valence-corrected chi connectivity index (χ1v) is 7.97. The van der Waals surface area contributed by atoms with Crippen molar-refractivity contribution in [3.63, 3.8) is 0 Å². The van der Waals surface area contributed by atoms with Crippen molar-refractivity contribution in [2.45, 2.75) is 44.2 Å². The molecule has 5 N–H and O–H groups in total. The highest BCUT2D eigenvalue weighted by atomic mass is 19.1. The van der Waals surface area contributed by atoms with E-state index < -0.39 is 42.8 Å². The molecule has 25 heavy (non-hydrogen) atoms. The van der Waals surface area contributed by atoms with Gasteiger partial charge in [0.25, 0.3) is 0 Å². The predicted molar refractivity (Wildman–Crippen MR) is 87.1 cm³/mol. The molecular weight excluding hydrogens is 333 g/mol. The Morgan fingerprint density at radius 1 is 1.16 bits per heavy atom. The van der Waals surface area contributed by atoms with Gasteiger partial charge >= 0.3 is 0 Å². The highest BCUT2D eigenvalue weighted by Gasteiger charge is 2.34. The number of hydrogen-bond acceptors (Lipinski definition) is 7. The maximum absolute atomic E-state index is 13.2. The lowest BCUT2D eigenvalue weighted by atomic mass is 9.87. The van der Waals surface area contributed by atoms with E-state index in [2.05, 4.69) is 4.99 Å². The number of aliphatic imine (C=N–C) groups is 1. The number of ketones is 1. The molecule has 1 aliphatic heterocycles. The van der Waals surface area contributed by atoms with E-state index in [1.807, 2.05) is 0 Å². The molecule has 0 aromatic heterocycles. The smallest absolute Gasteiger partial charge is 0.181 e. The Morgan fingerprint density at radius 2 is 1.84 bits per heavy atom. The van der Waals surface area contributed by atoms with Crippen LogP contribution in [-0.2, 0) is 11.2 Å². The van der Waals surface area contributed by atoms with Gasteiger partial charge < -0.3 is 25.5 Å². The number of aliphatic hydroxyl groups is 5. The molecule has 0 bridgehead atoms. The van der Waals surface area contributed by atoms with Crippen LogP contribution < -0.4 is 0 Å². The zero-order chi connectivity index (χ0) is 18.7. The monoisotopic (exact) mass is 355 g/mol. The summed E-state index contributed by atoms with van der Waals surface area (Å²) in [6, 6.07) is 3.91. The molecule has 1 heterocycles. The van der Waals surface area contributed by atoms with Gasteiger partial charge in [0.05, 0.1) is 30.2 Å². The molecule has 8 heteroatoms. The summed E-state index contributed by atoms with van der Waals surface area (Å²) in [5, 5.41) is 48.1. The third-order valence-corrected chi connectivity index (χ3v) is 4.45. The summed E-state index contributed by atoms with van der Waals surface area (Å²) in [6.07, 6.45) is -6.07. The summed E-state index contributed by atoms with van der Waals surface area (Å²) in [5.74, 6) is -1.70. The molecule has 0 fully saturated rings. The molecule has 1 aromatic carbocycles. The van der Waals surface area contributed by atoms with Crippen molar-refractivity contribution in [2.75, 3.05) is 6.61 Å². The normalized spacial score (nSPS) is 20.3.